The summed E-state index contributed by atoms with van der Waals surface area (Å²) >= 11 is 0. The number of furan rings is 1. The van der Waals surface area contributed by atoms with Gasteiger partial charge in [0.05, 0.1) is 22.2 Å². The maximum atomic E-state index is 6.25. The van der Waals surface area contributed by atoms with E-state index in [4.69, 9.17) is 4.42 Å². The van der Waals surface area contributed by atoms with Crippen molar-refractivity contribution in [3.8, 4) is 0 Å². The fraction of sp³-hybridized carbons (Fsp3) is 0. The van der Waals surface area contributed by atoms with Gasteiger partial charge in [-0.25, -0.2) is 0 Å². The first kappa shape index (κ1) is 17.1. The summed E-state index contributed by atoms with van der Waals surface area (Å²) in [5.74, 6) is 0. The molecule has 154 valence electrons. The zero-order valence-corrected chi connectivity index (χ0v) is 17.7. The topological polar surface area (TPSA) is 29.6 Å². The molecule has 0 aliphatic rings. The number of nitrogens with zero attached hydrogens (tertiary/aromatic N) is 1. The maximum Gasteiger partial charge on any atom is 0.158 e. The average Bonchev–Trinajstić information content (AvgIpc) is 3.51. The molecule has 8 aromatic rings. The molecule has 0 radical (unpaired) electrons. The third-order valence-electron chi connectivity index (χ3n) is 6.89. The Morgan fingerprint density at radius 2 is 1.15 bits per heavy atom. The summed E-state index contributed by atoms with van der Waals surface area (Å²) in [6, 6.07) is 36.4. The molecule has 0 saturated heterocycles. The number of para-hydroxylation sites is 4. The summed E-state index contributed by atoms with van der Waals surface area (Å²) in [5, 5.41) is 11.0. The second-order valence-electron chi connectivity index (χ2n) is 8.70. The molecule has 0 atom stereocenters. The Labute approximate surface area is 188 Å². The Bertz CT molecular complexity index is 1920. The van der Waals surface area contributed by atoms with Crippen molar-refractivity contribution >= 4 is 71.4 Å². The number of aromatic nitrogens is 1. The van der Waals surface area contributed by atoms with E-state index in [1.165, 1.54) is 38.1 Å². The number of benzene rings is 5. The molecule has 0 fully saturated rings. The average molecular weight is 422 g/mol. The van der Waals surface area contributed by atoms with Gasteiger partial charge in [-0.05, 0) is 36.4 Å². The van der Waals surface area contributed by atoms with Gasteiger partial charge in [0, 0.05) is 38.0 Å². The van der Waals surface area contributed by atoms with Crippen LogP contribution in [0.3, 0.4) is 0 Å². The summed E-state index contributed by atoms with van der Waals surface area (Å²) < 4.78 is 8.66. The van der Waals surface area contributed by atoms with Crippen LogP contribution in [0.25, 0.3) is 60.0 Å². The largest absolute Gasteiger partial charge is 0.454 e. The second kappa shape index (κ2) is 6.05. The van der Waals surface area contributed by atoms with Crippen LogP contribution in [-0.2, 0) is 0 Å². The van der Waals surface area contributed by atoms with Crippen molar-refractivity contribution in [2.45, 2.75) is 0 Å². The highest BCUT2D eigenvalue weighted by molar-refractivity contribution is 6.24. The first-order valence-electron chi connectivity index (χ1n) is 11.2. The molecule has 3 heteroatoms. The van der Waals surface area contributed by atoms with Crippen molar-refractivity contribution in [1.82, 2.24) is 4.40 Å². The number of hydrogen-bond donors (Lipinski definition) is 1. The van der Waals surface area contributed by atoms with Crippen LogP contribution in [0.4, 0.5) is 11.4 Å². The number of fused-ring (bicyclic) bond motifs is 9. The van der Waals surface area contributed by atoms with Gasteiger partial charge in [-0.1, -0.05) is 66.7 Å². The van der Waals surface area contributed by atoms with E-state index in [1.807, 2.05) is 12.1 Å². The lowest BCUT2D eigenvalue weighted by molar-refractivity contribution is 0.670. The summed E-state index contributed by atoms with van der Waals surface area (Å²) in [6.07, 6.45) is 0. The highest BCUT2D eigenvalue weighted by Crippen LogP contribution is 2.42. The highest BCUT2D eigenvalue weighted by Gasteiger charge is 2.18. The molecule has 1 N–H and O–H groups in total. The lowest BCUT2D eigenvalue weighted by Gasteiger charge is -2.08. The van der Waals surface area contributed by atoms with Crippen molar-refractivity contribution < 1.29 is 4.42 Å². The highest BCUT2D eigenvalue weighted by atomic mass is 16.3. The predicted octanol–water partition coefficient (Wildman–Crippen LogP) is 8.48. The van der Waals surface area contributed by atoms with E-state index in [9.17, 15) is 0 Å². The van der Waals surface area contributed by atoms with Crippen molar-refractivity contribution in [1.29, 1.82) is 0 Å². The van der Waals surface area contributed by atoms with E-state index in [0.29, 0.717) is 0 Å². The molecule has 0 aliphatic heterocycles. The van der Waals surface area contributed by atoms with Gasteiger partial charge in [0.25, 0.3) is 0 Å². The lowest BCUT2D eigenvalue weighted by Crippen LogP contribution is -1.90. The quantitative estimate of drug-likeness (QED) is 0.303. The van der Waals surface area contributed by atoms with Gasteiger partial charge >= 0.3 is 0 Å². The van der Waals surface area contributed by atoms with Gasteiger partial charge in [0.1, 0.15) is 5.58 Å². The van der Waals surface area contributed by atoms with Gasteiger partial charge in [0.2, 0.25) is 0 Å². The van der Waals surface area contributed by atoms with E-state index >= 15 is 0 Å². The zero-order chi connectivity index (χ0) is 21.5. The Morgan fingerprint density at radius 3 is 1.88 bits per heavy atom. The minimum absolute atomic E-state index is 0.887. The van der Waals surface area contributed by atoms with Crippen LogP contribution < -0.4 is 5.32 Å². The predicted molar refractivity (Wildman–Crippen MR) is 138 cm³/mol. The lowest BCUT2D eigenvalue weighted by atomic mass is 10.1. The summed E-state index contributed by atoms with van der Waals surface area (Å²) in [5.41, 5.74) is 7.61. The van der Waals surface area contributed by atoms with E-state index in [-0.39, 0.29) is 0 Å². The van der Waals surface area contributed by atoms with E-state index < -0.39 is 0 Å². The van der Waals surface area contributed by atoms with Crippen LogP contribution in [0.2, 0.25) is 0 Å². The first-order chi connectivity index (χ1) is 16.4. The SMILES string of the molecule is c1ccc2c(c1)oc1c(Nc3cc4c5ccccc5n5c6ccccc6c(c3)c45)cccc12. The number of anilines is 2. The molecular formula is C30H18N2O. The van der Waals surface area contributed by atoms with Gasteiger partial charge in [0.15, 0.2) is 5.58 Å². The molecule has 3 nitrogen and oxygen atoms in total. The summed E-state index contributed by atoms with van der Waals surface area (Å²) in [7, 11) is 0. The summed E-state index contributed by atoms with van der Waals surface area (Å²) in [6.45, 7) is 0. The third kappa shape index (κ3) is 2.18. The van der Waals surface area contributed by atoms with Crippen LogP contribution in [0.5, 0.6) is 0 Å². The monoisotopic (exact) mass is 422 g/mol. The van der Waals surface area contributed by atoms with Crippen LogP contribution in [0.1, 0.15) is 0 Å². The molecule has 3 aromatic heterocycles. The molecule has 0 saturated carbocycles. The minimum atomic E-state index is 0.887. The van der Waals surface area contributed by atoms with Crippen molar-refractivity contribution in [2.24, 2.45) is 0 Å². The molecule has 0 bridgehead atoms. The zero-order valence-electron chi connectivity index (χ0n) is 17.7. The molecule has 0 spiro atoms. The third-order valence-corrected chi connectivity index (χ3v) is 6.89. The number of hydrogen-bond acceptors (Lipinski definition) is 2. The number of rotatable bonds is 2. The standard InChI is InChI=1S/C30H18N2O/c1-4-13-26-19(8-1)23-16-18(17-24-20-9-2-5-14-27(20)32(26)29(23)24)31-25-12-7-11-22-21-10-3-6-15-28(21)33-30(22)25/h1-17,31H. The minimum Gasteiger partial charge on any atom is -0.454 e. The number of nitrogens with one attached hydrogen (secondary N) is 1. The van der Waals surface area contributed by atoms with Crippen LogP contribution in [0.15, 0.2) is 108 Å². The second-order valence-corrected chi connectivity index (χ2v) is 8.70. The van der Waals surface area contributed by atoms with Crippen molar-refractivity contribution in [2.75, 3.05) is 5.32 Å². The Kier molecular flexibility index (Phi) is 3.14. The van der Waals surface area contributed by atoms with E-state index in [0.717, 1.165) is 33.3 Å². The molecule has 0 unspecified atom stereocenters. The first-order valence-corrected chi connectivity index (χ1v) is 11.2. The van der Waals surface area contributed by atoms with Crippen molar-refractivity contribution in [3.05, 3.63) is 103 Å². The van der Waals surface area contributed by atoms with Crippen LogP contribution >= 0.6 is 0 Å². The fourth-order valence-corrected chi connectivity index (χ4v) is 5.52. The molecule has 0 amide bonds. The Balaban J connectivity index is 1.43. The van der Waals surface area contributed by atoms with Crippen LogP contribution in [0, 0.1) is 0 Å². The van der Waals surface area contributed by atoms with Gasteiger partial charge < -0.3 is 14.1 Å². The van der Waals surface area contributed by atoms with E-state index in [2.05, 4.69) is 101 Å². The van der Waals surface area contributed by atoms with Gasteiger partial charge in [-0.15, -0.1) is 0 Å². The fourth-order valence-electron chi connectivity index (χ4n) is 5.52. The molecule has 0 aliphatic carbocycles. The van der Waals surface area contributed by atoms with Crippen LogP contribution in [-0.4, -0.2) is 4.40 Å². The molecular weight excluding hydrogens is 404 g/mol. The molecule has 33 heavy (non-hydrogen) atoms. The Hall–Kier alpha value is -4.50. The molecule has 3 heterocycles. The smallest absolute Gasteiger partial charge is 0.158 e. The Morgan fingerprint density at radius 1 is 0.545 bits per heavy atom. The van der Waals surface area contributed by atoms with E-state index in [1.54, 1.807) is 0 Å². The molecule has 8 rings (SSSR count). The normalized spacial score (nSPS) is 12.2. The van der Waals surface area contributed by atoms with Gasteiger partial charge in [-0.3, -0.25) is 0 Å². The summed E-state index contributed by atoms with van der Waals surface area (Å²) in [4.78, 5) is 0. The van der Waals surface area contributed by atoms with Gasteiger partial charge in [-0.2, -0.15) is 0 Å². The molecule has 5 aromatic carbocycles. The maximum absolute atomic E-state index is 6.25. The van der Waals surface area contributed by atoms with Crippen molar-refractivity contribution in [3.63, 3.8) is 0 Å².